The number of amides is 1. The van der Waals surface area contributed by atoms with Gasteiger partial charge in [0.1, 0.15) is 16.5 Å². The minimum Gasteiger partial charge on any atom is -0.495 e. The number of carbonyl (C=O) groups excluding carboxylic acids is 1. The summed E-state index contributed by atoms with van der Waals surface area (Å²) in [5, 5.41) is 0. The van der Waals surface area contributed by atoms with Crippen LogP contribution in [0.1, 0.15) is 28.8 Å². The number of nitrogens with one attached hydrogen (secondary N) is 1. The van der Waals surface area contributed by atoms with Crippen molar-refractivity contribution in [2.45, 2.75) is 30.3 Å². The molecule has 1 amide bonds. The van der Waals surface area contributed by atoms with E-state index >= 15 is 0 Å². The van der Waals surface area contributed by atoms with Crippen molar-refractivity contribution in [1.82, 2.24) is 9.62 Å². The molecule has 0 spiro atoms. The number of rotatable bonds is 7. The summed E-state index contributed by atoms with van der Waals surface area (Å²) in [6, 6.07) is 10.2. The van der Waals surface area contributed by atoms with Crippen LogP contribution in [-0.4, -0.2) is 39.4 Å². The molecule has 3 rings (SSSR count). The summed E-state index contributed by atoms with van der Waals surface area (Å²) in [7, 11) is -0.826. The first-order valence-electron chi connectivity index (χ1n) is 8.50. The molecule has 1 fully saturated rings. The first kappa shape index (κ1) is 19.3. The summed E-state index contributed by atoms with van der Waals surface area (Å²) < 4.78 is 46.2. The largest absolute Gasteiger partial charge is 0.495 e. The number of carbonyl (C=O) groups is 1. The molecular weight excluding hydrogens is 371 g/mol. The molecule has 1 N–H and O–H groups in total. The lowest BCUT2D eigenvalue weighted by Crippen LogP contribution is -2.28. The van der Waals surface area contributed by atoms with E-state index in [0.29, 0.717) is 5.56 Å². The van der Waals surface area contributed by atoms with Crippen molar-refractivity contribution in [2.24, 2.45) is 0 Å². The smallest absolute Gasteiger partial charge is 0.253 e. The van der Waals surface area contributed by atoms with E-state index in [4.69, 9.17) is 4.74 Å². The van der Waals surface area contributed by atoms with Crippen molar-refractivity contribution in [3.8, 4) is 5.75 Å². The van der Waals surface area contributed by atoms with Crippen LogP contribution < -0.4 is 9.46 Å². The number of halogens is 1. The second-order valence-electron chi connectivity index (χ2n) is 6.55. The number of methoxy groups -OCH3 is 1. The molecule has 0 aliphatic heterocycles. The van der Waals surface area contributed by atoms with Gasteiger partial charge >= 0.3 is 0 Å². The number of hydrogen-bond donors (Lipinski definition) is 1. The fourth-order valence-corrected chi connectivity index (χ4v) is 4.21. The van der Waals surface area contributed by atoms with Crippen molar-refractivity contribution >= 4 is 15.9 Å². The zero-order valence-corrected chi connectivity index (χ0v) is 15.9. The first-order valence-corrected chi connectivity index (χ1v) is 9.99. The Hall–Kier alpha value is -2.45. The molecule has 2 aromatic carbocycles. The van der Waals surface area contributed by atoms with Gasteiger partial charge < -0.3 is 9.64 Å². The molecule has 0 bridgehead atoms. The van der Waals surface area contributed by atoms with Crippen molar-refractivity contribution < 1.29 is 22.3 Å². The van der Waals surface area contributed by atoms with Gasteiger partial charge in [-0.25, -0.2) is 17.5 Å². The summed E-state index contributed by atoms with van der Waals surface area (Å²) in [5.41, 5.74) is 0.855. The molecule has 0 saturated heterocycles. The third-order valence-corrected chi connectivity index (χ3v) is 5.80. The van der Waals surface area contributed by atoms with Crippen molar-refractivity contribution in [3.05, 3.63) is 59.4 Å². The number of hydrogen-bond acceptors (Lipinski definition) is 4. The molecule has 144 valence electrons. The maximum Gasteiger partial charge on any atom is 0.253 e. The van der Waals surface area contributed by atoms with Crippen molar-refractivity contribution in [3.63, 3.8) is 0 Å². The Labute approximate surface area is 158 Å². The van der Waals surface area contributed by atoms with Crippen LogP contribution in [0.15, 0.2) is 47.4 Å². The Kier molecular flexibility index (Phi) is 5.48. The highest BCUT2D eigenvalue weighted by atomic mass is 32.2. The summed E-state index contributed by atoms with van der Waals surface area (Å²) in [5.74, 6) is -0.574. The van der Waals surface area contributed by atoms with E-state index in [0.717, 1.165) is 12.8 Å². The fraction of sp³-hybridized carbons (Fsp3) is 0.316. The highest BCUT2D eigenvalue weighted by Gasteiger charge is 2.30. The molecule has 8 heteroatoms. The van der Waals surface area contributed by atoms with Gasteiger partial charge in [-0.05, 0) is 48.7 Å². The van der Waals surface area contributed by atoms with Crippen molar-refractivity contribution in [2.75, 3.05) is 14.2 Å². The fourth-order valence-electron chi connectivity index (χ4n) is 2.71. The van der Waals surface area contributed by atoms with E-state index in [1.165, 1.54) is 42.3 Å². The predicted molar refractivity (Wildman–Crippen MR) is 98.5 cm³/mol. The molecule has 1 saturated carbocycles. The van der Waals surface area contributed by atoms with Gasteiger partial charge in [-0.2, -0.15) is 0 Å². The molecular formula is C19H21FN2O4S. The van der Waals surface area contributed by atoms with E-state index in [9.17, 15) is 17.6 Å². The molecule has 1 aliphatic carbocycles. The van der Waals surface area contributed by atoms with Crippen molar-refractivity contribution in [1.29, 1.82) is 0 Å². The van der Waals surface area contributed by atoms with Crippen LogP contribution in [0.3, 0.4) is 0 Å². The zero-order valence-electron chi connectivity index (χ0n) is 15.1. The van der Waals surface area contributed by atoms with Gasteiger partial charge in [0, 0.05) is 25.2 Å². The summed E-state index contributed by atoms with van der Waals surface area (Å²) in [6.45, 7) is 0.199. The molecule has 27 heavy (non-hydrogen) atoms. The van der Waals surface area contributed by atoms with Crippen LogP contribution in [0.4, 0.5) is 4.39 Å². The Morgan fingerprint density at radius 3 is 2.63 bits per heavy atom. The lowest BCUT2D eigenvalue weighted by molar-refractivity contribution is 0.0784. The Bertz CT molecular complexity index is 958. The van der Waals surface area contributed by atoms with Crippen LogP contribution >= 0.6 is 0 Å². The molecule has 6 nitrogen and oxygen atoms in total. The van der Waals surface area contributed by atoms with Gasteiger partial charge in [0.2, 0.25) is 10.0 Å². The van der Waals surface area contributed by atoms with E-state index < -0.39 is 10.0 Å². The molecule has 0 heterocycles. The van der Waals surface area contributed by atoms with Crippen LogP contribution in [0.2, 0.25) is 0 Å². The van der Waals surface area contributed by atoms with Crippen LogP contribution in [0.5, 0.6) is 5.75 Å². The standard InChI is InChI=1S/C19H21FN2O4S/c1-22(12-13-4-3-5-15(20)10-13)19(23)14-6-9-17(26-2)18(11-14)27(24,25)21-16-7-8-16/h3-6,9-11,16,21H,7-8,12H2,1-2H3. The second-order valence-corrected chi connectivity index (χ2v) is 8.23. The van der Waals surface area contributed by atoms with E-state index in [1.807, 2.05) is 0 Å². The lowest BCUT2D eigenvalue weighted by atomic mass is 10.1. The first-order chi connectivity index (χ1) is 12.8. The normalized spacial score (nSPS) is 14.0. The number of sulfonamides is 1. The highest BCUT2D eigenvalue weighted by Crippen LogP contribution is 2.28. The number of ether oxygens (including phenoxy) is 1. The third kappa shape index (κ3) is 4.64. The van der Waals surface area contributed by atoms with Gasteiger partial charge in [-0.3, -0.25) is 4.79 Å². The monoisotopic (exact) mass is 392 g/mol. The van der Waals surface area contributed by atoms with Crippen LogP contribution in [0.25, 0.3) is 0 Å². The topological polar surface area (TPSA) is 75.7 Å². The van der Waals surface area contributed by atoms with Gasteiger partial charge in [0.15, 0.2) is 0 Å². The van der Waals surface area contributed by atoms with Gasteiger partial charge in [-0.15, -0.1) is 0 Å². The maximum atomic E-state index is 13.3. The van der Waals surface area contributed by atoms with Gasteiger partial charge in [0.05, 0.1) is 7.11 Å². The Morgan fingerprint density at radius 1 is 1.26 bits per heavy atom. The molecule has 0 unspecified atom stereocenters. The zero-order chi connectivity index (χ0) is 19.6. The molecule has 0 atom stereocenters. The van der Waals surface area contributed by atoms with Crippen LogP contribution in [-0.2, 0) is 16.6 Å². The van der Waals surface area contributed by atoms with E-state index in [2.05, 4.69) is 4.72 Å². The van der Waals surface area contributed by atoms with Crippen LogP contribution in [0, 0.1) is 5.82 Å². The van der Waals surface area contributed by atoms with Gasteiger partial charge in [0.25, 0.3) is 5.91 Å². The quantitative estimate of drug-likeness (QED) is 0.786. The SMILES string of the molecule is COc1ccc(C(=O)N(C)Cc2cccc(F)c2)cc1S(=O)(=O)NC1CC1. The number of benzene rings is 2. The molecule has 2 aromatic rings. The molecule has 0 aromatic heterocycles. The average molecular weight is 392 g/mol. The summed E-state index contributed by atoms with van der Waals surface area (Å²) >= 11 is 0. The average Bonchev–Trinajstić information content (AvgIpc) is 3.43. The lowest BCUT2D eigenvalue weighted by Gasteiger charge is -2.18. The Morgan fingerprint density at radius 2 is 2.00 bits per heavy atom. The predicted octanol–water partition coefficient (Wildman–Crippen LogP) is 2.55. The molecule has 1 aliphatic rings. The third-order valence-electron chi connectivity index (χ3n) is 4.25. The minimum absolute atomic E-state index is 0.0604. The highest BCUT2D eigenvalue weighted by molar-refractivity contribution is 7.89. The number of nitrogens with zero attached hydrogens (tertiary/aromatic N) is 1. The second kappa shape index (κ2) is 7.66. The maximum absolute atomic E-state index is 13.3. The summed E-state index contributed by atoms with van der Waals surface area (Å²) in [4.78, 5) is 14.1. The van der Waals surface area contributed by atoms with E-state index in [-0.39, 0.29) is 40.5 Å². The Balaban J connectivity index is 1.85. The minimum atomic E-state index is -3.78. The summed E-state index contributed by atoms with van der Waals surface area (Å²) in [6.07, 6.45) is 1.60. The molecule has 0 radical (unpaired) electrons. The van der Waals surface area contributed by atoms with Gasteiger partial charge in [-0.1, -0.05) is 12.1 Å². The van der Waals surface area contributed by atoms with E-state index in [1.54, 1.807) is 19.2 Å².